The minimum atomic E-state index is -0.533. The maximum absolute atomic E-state index is 12.2. The highest BCUT2D eigenvalue weighted by Gasteiger charge is 2.13. The topological polar surface area (TPSA) is 103 Å². The van der Waals surface area contributed by atoms with Gasteiger partial charge >= 0.3 is 0 Å². The Morgan fingerprint density at radius 2 is 2.11 bits per heavy atom. The van der Waals surface area contributed by atoms with E-state index in [1.54, 1.807) is 25.5 Å². The maximum Gasteiger partial charge on any atom is 0.270 e. The number of hydrogen-bond donors (Lipinski definition) is 2. The highest BCUT2D eigenvalue weighted by molar-refractivity contribution is 14.1. The summed E-state index contributed by atoms with van der Waals surface area (Å²) < 4.78 is 7.01. The molecule has 0 aliphatic heterocycles. The minimum absolute atomic E-state index is 0.0480. The molecule has 7 nitrogen and oxygen atoms in total. The molecule has 0 atom stereocenters. The number of hydrazone groups is 1. The standard InChI is InChI=1S/C19H13BrIN5O2/c1-28-16-8-14(20)12(7-15(16)21)10-23-26-19-24-17(11-5-3-2-4-6-11)13(9-22)18(27)25-19/h2-8,10H,1H3,(H2,24,25,26,27). The molecule has 3 rings (SSSR count). The van der Waals surface area contributed by atoms with E-state index in [0.717, 1.165) is 19.4 Å². The number of methoxy groups -OCH3 is 1. The summed E-state index contributed by atoms with van der Waals surface area (Å²) in [5.41, 5.74) is 3.91. The van der Waals surface area contributed by atoms with Crippen molar-refractivity contribution in [2.24, 2.45) is 5.10 Å². The highest BCUT2D eigenvalue weighted by atomic mass is 127. The first-order valence-corrected chi connectivity index (χ1v) is 9.82. The number of halogens is 2. The van der Waals surface area contributed by atoms with Gasteiger partial charge in [-0.2, -0.15) is 10.4 Å². The second kappa shape index (κ2) is 8.99. The molecule has 2 N–H and O–H groups in total. The van der Waals surface area contributed by atoms with Crippen LogP contribution in [0.4, 0.5) is 5.95 Å². The van der Waals surface area contributed by atoms with Gasteiger partial charge in [0.2, 0.25) is 5.95 Å². The molecule has 140 valence electrons. The van der Waals surface area contributed by atoms with E-state index in [1.165, 1.54) is 0 Å². The van der Waals surface area contributed by atoms with Crippen molar-refractivity contribution >= 4 is 50.7 Å². The van der Waals surface area contributed by atoms with E-state index in [-0.39, 0.29) is 11.5 Å². The number of nitrogens with zero attached hydrogens (tertiary/aromatic N) is 3. The Kier molecular flexibility index (Phi) is 6.43. The summed E-state index contributed by atoms with van der Waals surface area (Å²) in [6, 6.07) is 14.7. The number of aromatic amines is 1. The second-order valence-corrected chi connectivity index (χ2v) is 7.51. The molecule has 0 saturated carbocycles. The third kappa shape index (κ3) is 4.40. The molecular weight excluding hydrogens is 537 g/mol. The van der Waals surface area contributed by atoms with Gasteiger partial charge in [-0.05, 0) is 50.7 Å². The molecule has 0 fully saturated rings. The van der Waals surface area contributed by atoms with Crippen LogP contribution in [0.1, 0.15) is 11.1 Å². The van der Waals surface area contributed by atoms with Gasteiger partial charge in [-0.3, -0.25) is 9.78 Å². The van der Waals surface area contributed by atoms with Crippen LogP contribution in [0.3, 0.4) is 0 Å². The fourth-order valence-corrected chi connectivity index (χ4v) is 3.53. The Morgan fingerprint density at radius 3 is 2.79 bits per heavy atom. The Labute approximate surface area is 182 Å². The van der Waals surface area contributed by atoms with Gasteiger partial charge in [-0.25, -0.2) is 10.4 Å². The van der Waals surface area contributed by atoms with Crippen molar-refractivity contribution in [3.05, 3.63) is 72.0 Å². The lowest BCUT2D eigenvalue weighted by Crippen LogP contribution is -2.16. The zero-order valence-electron chi connectivity index (χ0n) is 14.5. The number of nitrogens with one attached hydrogen (secondary N) is 2. The molecule has 9 heteroatoms. The third-order valence-electron chi connectivity index (χ3n) is 3.72. The van der Waals surface area contributed by atoms with Crippen LogP contribution in [-0.4, -0.2) is 23.3 Å². The molecule has 0 spiro atoms. The number of rotatable bonds is 5. The highest BCUT2D eigenvalue weighted by Crippen LogP contribution is 2.27. The molecule has 1 heterocycles. The van der Waals surface area contributed by atoms with Gasteiger partial charge in [0.25, 0.3) is 5.56 Å². The summed E-state index contributed by atoms with van der Waals surface area (Å²) >= 11 is 5.64. The molecule has 0 aliphatic rings. The average molecular weight is 550 g/mol. The van der Waals surface area contributed by atoms with Crippen LogP contribution < -0.4 is 15.7 Å². The number of benzene rings is 2. The van der Waals surface area contributed by atoms with Gasteiger partial charge < -0.3 is 4.74 Å². The molecule has 0 bridgehead atoms. The van der Waals surface area contributed by atoms with Crippen molar-refractivity contribution in [3.63, 3.8) is 0 Å². The van der Waals surface area contributed by atoms with Crippen LogP contribution in [0.25, 0.3) is 11.3 Å². The third-order valence-corrected chi connectivity index (χ3v) is 5.25. The Hall–Kier alpha value is -2.71. The molecule has 0 aliphatic carbocycles. The smallest absolute Gasteiger partial charge is 0.270 e. The van der Waals surface area contributed by atoms with Crippen LogP contribution >= 0.6 is 38.5 Å². The predicted octanol–water partition coefficient (Wildman–Crippen LogP) is 4.13. The first-order chi connectivity index (χ1) is 13.5. The van der Waals surface area contributed by atoms with Crippen LogP contribution in [0, 0.1) is 14.9 Å². The zero-order chi connectivity index (χ0) is 20.1. The number of ether oxygens (including phenoxy) is 1. The largest absolute Gasteiger partial charge is 0.496 e. The van der Waals surface area contributed by atoms with Gasteiger partial charge in [0.15, 0.2) is 0 Å². The molecular formula is C19H13BrIN5O2. The van der Waals surface area contributed by atoms with Gasteiger partial charge in [-0.15, -0.1) is 0 Å². The van der Waals surface area contributed by atoms with Crippen molar-refractivity contribution in [2.75, 3.05) is 12.5 Å². The molecule has 28 heavy (non-hydrogen) atoms. The molecule has 0 unspecified atom stereocenters. The average Bonchev–Trinajstić information content (AvgIpc) is 2.70. The maximum atomic E-state index is 12.2. The summed E-state index contributed by atoms with van der Waals surface area (Å²) in [5.74, 6) is 0.890. The summed E-state index contributed by atoms with van der Waals surface area (Å²) in [5, 5.41) is 13.4. The van der Waals surface area contributed by atoms with E-state index in [1.807, 2.05) is 36.4 Å². The van der Waals surface area contributed by atoms with Crippen molar-refractivity contribution in [1.82, 2.24) is 9.97 Å². The monoisotopic (exact) mass is 549 g/mol. The summed E-state index contributed by atoms with van der Waals surface area (Å²) in [4.78, 5) is 19.1. The molecule has 0 radical (unpaired) electrons. The van der Waals surface area contributed by atoms with Gasteiger partial charge in [-0.1, -0.05) is 30.3 Å². The van der Waals surface area contributed by atoms with E-state index < -0.39 is 5.56 Å². The first-order valence-electron chi connectivity index (χ1n) is 7.95. The fourth-order valence-electron chi connectivity index (χ4n) is 2.40. The van der Waals surface area contributed by atoms with Crippen molar-refractivity contribution in [1.29, 1.82) is 5.26 Å². The Morgan fingerprint density at radius 1 is 1.36 bits per heavy atom. The SMILES string of the molecule is COc1cc(Br)c(C=NNc2nc(-c3ccccc3)c(C#N)c(=O)[nH]2)cc1I. The number of nitriles is 1. The molecule has 0 saturated heterocycles. The lowest BCUT2D eigenvalue weighted by Gasteiger charge is -2.07. The lowest BCUT2D eigenvalue weighted by atomic mass is 10.1. The summed E-state index contributed by atoms with van der Waals surface area (Å²) in [6.45, 7) is 0. The first kappa shape index (κ1) is 20.0. The Bertz CT molecular complexity index is 1140. The Balaban J connectivity index is 1.91. The lowest BCUT2D eigenvalue weighted by molar-refractivity contribution is 0.411. The van der Waals surface area contributed by atoms with Crippen LogP contribution in [-0.2, 0) is 0 Å². The van der Waals surface area contributed by atoms with Crippen molar-refractivity contribution in [3.8, 4) is 23.1 Å². The van der Waals surface area contributed by atoms with Crippen LogP contribution in [0.15, 0.2) is 56.8 Å². The molecule has 2 aromatic carbocycles. The normalized spacial score (nSPS) is 10.6. The van der Waals surface area contributed by atoms with E-state index in [2.05, 4.69) is 59.0 Å². The number of H-pyrrole nitrogens is 1. The fraction of sp³-hybridized carbons (Fsp3) is 0.0526. The van der Waals surface area contributed by atoms with Crippen LogP contribution in [0.2, 0.25) is 0 Å². The molecule has 1 aromatic heterocycles. The zero-order valence-corrected chi connectivity index (χ0v) is 18.3. The van der Waals surface area contributed by atoms with E-state index in [0.29, 0.717) is 11.3 Å². The van der Waals surface area contributed by atoms with E-state index in [9.17, 15) is 10.1 Å². The summed E-state index contributed by atoms with van der Waals surface area (Å²) in [7, 11) is 1.61. The van der Waals surface area contributed by atoms with Gasteiger partial charge in [0.1, 0.15) is 17.4 Å². The van der Waals surface area contributed by atoms with Gasteiger partial charge in [0, 0.05) is 15.6 Å². The second-order valence-electron chi connectivity index (χ2n) is 5.49. The van der Waals surface area contributed by atoms with Crippen LogP contribution in [0.5, 0.6) is 5.75 Å². The van der Waals surface area contributed by atoms with Crippen molar-refractivity contribution in [2.45, 2.75) is 0 Å². The van der Waals surface area contributed by atoms with Crippen molar-refractivity contribution < 1.29 is 4.74 Å². The van der Waals surface area contributed by atoms with E-state index >= 15 is 0 Å². The predicted molar refractivity (Wildman–Crippen MR) is 120 cm³/mol. The summed E-state index contributed by atoms with van der Waals surface area (Å²) in [6.07, 6.45) is 1.59. The minimum Gasteiger partial charge on any atom is -0.496 e. The number of anilines is 1. The molecule has 0 amide bonds. The number of hydrogen-bond acceptors (Lipinski definition) is 6. The van der Waals surface area contributed by atoms with Gasteiger partial charge in [0.05, 0.1) is 22.6 Å². The molecule has 3 aromatic rings. The van der Waals surface area contributed by atoms with E-state index in [4.69, 9.17) is 4.74 Å². The quantitative estimate of drug-likeness (QED) is 0.283. The number of aromatic nitrogens is 2.